The highest BCUT2D eigenvalue weighted by Gasteiger charge is 2.21. The Hall–Kier alpha value is -1.27. The molecule has 1 aromatic rings. The highest BCUT2D eigenvalue weighted by atomic mass is 32.2. The molecule has 1 aromatic carbocycles. The van der Waals surface area contributed by atoms with Crippen LogP contribution in [0.25, 0.3) is 0 Å². The number of sulfonamides is 1. The summed E-state index contributed by atoms with van der Waals surface area (Å²) in [7, 11) is -3.73. The van der Waals surface area contributed by atoms with Gasteiger partial charge in [0.05, 0.1) is 4.90 Å². The highest BCUT2D eigenvalue weighted by Crippen LogP contribution is 2.30. The summed E-state index contributed by atoms with van der Waals surface area (Å²) in [4.78, 5) is 2.33. The van der Waals surface area contributed by atoms with Gasteiger partial charge in [-0.25, -0.2) is 13.6 Å². The summed E-state index contributed by atoms with van der Waals surface area (Å²) in [5.74, 6) is 0. The summed E-state index contributed by atoms with van der Waals surface area (Å²) in [6, 6.07) is 5.33. The minimum absolute atomic E-state index is 0.0850. The molecule has 1 aliphatic carbocycles. The molecule has 1 aliphatic rings. The van der Waals surface area contributed by atoms with Gasteiger partial charge < -0.3 is 10.6 Å². The Morgan fingerprint density at radius 2 is 1.85 bits per heavy atom. The molecule has 112 valence electrons. The predicted molar refractivity (Wildman–Crippen MR) is 82.1 cm³/mol. The first-order chi connectivity index (χ1) is 9.41. The van der Waals surface area contributed by atoms with Gasteiger partial charge in [0.1, 0.15) is 0 Å². The molecule has 0 radical (unpaired) electrons. The number of hydrogen-bond acceptors (Lipinski definition) is 4. The molecule has 0 spiro atoms. The SMILES string of the molecule is CCN(c1cc(N)cc(S(N)(=O)=O)c1)C1CCCCC1. The molecule has 4 N–H and O–H groups in total. The quantitative estimate of drug-likeness (QED) is 0.833. The zero-order valence-corrected chi connectivity index (χ0v) is 12.7. The number of rotatable bonds is 4. The van der Waals surface area contributed by atoms with Gasteiger partial charge in [-0.1, -0.05) is 19.3 Å². The van der Waals surface area contributed by atoms with Gasteiger partial charge in [0, 0.05) is 24.0 Å². The average molecular weight is 297 g/mol. The lowest BCUT2D eigenvalue weighted by molar-refractivity contribution is 0.418. The lowest BCUT2D eigenvalue weighted by Crippen LogP contribution is -2.36. The Kier molecular flexibility index (Phi) is 4.55. The molecule has 5 nitrogen and oxygen atoms in total. The monoisotopic (exact) mass is 297 g/mol. The van der Waals surface area contributed by atoms with Crippen LogP contribution in [0.15, 0.2) is 23.1 Å². The lowest BCUT2D eigenvalue weighted by Gasteiger charge is -2.35. The van der Waals surface area contributed by atoms with Crippen LogP contribution in [0, 0.1) is 0 Å². The number of anilines is 2. The van der Waals surface area contributed by atoms with Crippen molar-refractivity contribution in [1.82, 2.24) is 0 Å². The van der Waals surface area contributed by atoms with Crippen molar-refractivity contribution in [3.8, 4) is 0 Å². The number of nitrogens with zero attached hydrogens (tertiary/aromatic N) is 1. The topological polar surface area (TPSA) is 89.4 Å². The van der Waals surface area contributed by atoms with Crippen LogP contribution in [-0.4, -0.2) is 21.0 Å². The van der Waals surface area contributed by atoms with Crippen molar-refractivity contribution in [3.63, 3.8) is 0 Å². The van der Waals surface area contributed by atoms with Crippen molar-refractivity contribution in [1.29, 1.82) is 0 Å². The van der Waals surface area contributed by atoms with E-state index in [0.29, 0.717) is 11.7 Å². The molecule has 2 rings (SSSR count). The van der Waals surface area contributed by atoms with Crippen LogP contribution in [0.4, 0.5) is 11.4 Å². The summed E-state index contributed by atoms with van der Waals surface area (Å²) in [6.07, 6.45) is 6.03. The third-order valence-electron chi connectivity index (χ3n) is 3.93. The minimum Gasteiger partial charge on any atom is -0.399 e. The summed E-state index contributed by atoms with van der Waals surface area (Å²) < 4.78 is 23.1. The van der Waals surface area contributed by atoms with Crippen LogP contribution in [-0.2, 0) is 10.0 Å². The highest BCUT2D eigenvalue weighted by molar-refractivity contribution is 7.89. The molecule has 1 saturated carbocycles. The molecule has 20 heavy (non-hydrogen) atoms. The molecule has 0 atom stereocenters. The van der Waals surface area contributed by atoms with E-state index in [1.54, 1.807) is 6.07 Å². The van der Waals surface area contributed by atoms with Gasteiger partial charge in [-0.05, 0) is 38.0 Å². The van der Waals surface area contributed by atoms with Crippen LogP contribution in [0.5, 0.6) is 0 Å². The van der Waals surface area contributed by atoms with E-state index in [4.69, 9.17) is 10.9 Å². The molecule has 0 aliphatic heterocycles. The van der Waals surface area contributed by atoms with E-state index < -0.39 is 10.0 Å². The number of hydrogen-bond donors (Lipinski definition) is 2. The van der Waals surface area contributed by atoms with Crippen LogP contribution in [0.1, 0.15) is 39.0 Å². The molecule has 0 saturated heterocycles. The van der Waals surface area contributed by atoms with E-state index in [0.717, 1.165) is 25.1 Å². The van der Waals surface area contributed by atoms with Gasteiger partial charge in [-0.15, -0.1) is 0 Å². The predicted octanol–water partition coefficient (Wildman–Crippen LogP) is 2.08. The molecular weight excluding hydrogens is 274 g/mol. The number of nitrogens with two attached hydrogens (primary N) is 2. The third kappa shape index (κ3) is 3.43. The summed E-state index contributed by atoms with van der Waals surface area (Å²) in [5.41, 5.74) is 7.11. The Bertz CT molecular complexity index is 566. The second-order valence-electron chi connectivity index (χ2n) is 5.38. The van der Waals surface area contributed by atoms with Crippen molar-refractivity contribution < 1.29 is 8.42 Å². The van der Waals surface area contributed by atoms with Gasteiger partial charge in [0.25, 0.3) is 0 Å². The van der Waals surface area contributed by atoms with Gasteiger partial charge in [0.2, 0.25) is 10.0 Å². The average Bonchev–Trinajstić information content (AvgIpc) is 2.39. The van der Waals surface area contributed by atoms with Gasteiger partial charge in [0.15, 0.2) is 0 Å². The van der Waals surface area contributed by atoms with E-state index in [9.17, 15) is 8.42 Å². The van der Waals surface area contributed by atoms with Crippen LogP contribution >= 0.6 is 0 Å². The molecular formula is C14H23N3O2S. The summed E-state index contributed by atoms with van der Waals surface area (Å²) in [6.45, 7) is 2.91. The molecule has 0 bridgehead atoms. The van der Waals surface area contributed by atoms with Crippen molar-refractivity contribution in [3.05, 3.63) is 18.2 Å². The Morgan fingerprint density at radius 1 is 1.20 bits per heavy atom. The minimum atomic E-state index is -3.73. The van der Waals surface area contributed by atoms with Gasteiger partial charge in [-0.2, -0.15) is 0 Å². The first-order valence-electron chi connectivity index (χ1n) is 7.12. The van der Waals surface area contributed by atoms with Crippen LogP contribution < -0.4 is 15.8 Å². The molecule has 0 amide bonds. The third-order valence-corrected chi connectivity index (χ3v) is 4.82. The van der Waals surface area contributed by atoms with Gasteiger partial charge >= 0.3 is 0 Å². The second kappa shape index (κ2) is 6.01. The summed E-state index contributed by atoms with van der Waals surface area (Å²) in [5, 5.41) is 5.21. The number of nitrogen functional groups attached to an aromatic ring is 1. The molecule has 0 heterocycles. The zero-order chi connectivity index (χ0) is 14.8. The largest absolute Gasteiger partial charge is 0.399 e. The fourth-order valence-electron chi connectivity index (χ4n) is 2.98. The lowest BCUT2D eigenvalue weighted by atomic mass is 9.94. The Balaban J connectivity index is 2.36. The zero-order valence-electron chi connectivity index (χ0n) is 11.9. The first-order valence-corrected chi connectivity index (χ1v) is 8.66. The molecule has 0 unspecified atom stereocenters. The van der Waals surface area contributed by atoms with E-state index >= 15 is 0 Å². The fourth-order valence-corrected chi connectivity index (χ4v) is 3.57. The normalized spacial score (nSPS) is 17.1. The van der Waals surface area contributed by atoms with Crippen molar-refractivity contribution in [2.24, 2.45) is 5.14 Å². The van der Waals surface area contributed by atoms with E-state index in [-0.39, 0.29) is 4.90 Å². The first kappa shape index (κ1) is 15.1. The van der Waals surface area contributed by atoms with E-state index in [1.165, 1.54) is 25.3 Å². The fraction of sp³-hybridized carbons (Fsp3) is 0.571. The Labute approximate surface area is 121 Å². The Morgan fingerprint density at radius 3 is 2.40 bits per heavy atom. The van der Waals surface area contributed by atoms with Crippen LogP contribution in [0.3, 0.4) is 0 Å². The van der Waals surface area contributed by atoms with Crippen molar-refractivity contribution >= 4 is 21.4 Å². The standard InChI is InChI=1S/C14H23N3O2S/c1-2-17(12-6-4-3-5-7-12)13-8-11(15)9-14(10-13)20(16,18)19/h8-10,12H,2-7,15H2,1H3,(H2,16,18,19). The van der Waals surface area contributed by atoms with Crippen molar-refractivity contribution in [2.45, 2.75) is 50.0 Å². The maximum Gasteiger partial charge on any atom is 0.238 e. The van der Waals surface area contributed by atoms with Crippen molar-refractivity contribution in [2.75, 3.05) is 17.2 Å². The van der Waals surface area contributed by atoms with E-state index in [1.807, 2.05) is 6.07 Å². The van der Waals surface area contributed by atoms with E-state index in [2.05, 4.69) is 11.8 Å². The molecule has 1 fully saturated rings. The van der Waals surface area contributed by atoms with Gasteiger partial charge in [-0.3, -0.25) is 0 Å². The molecule has 0 aromatic heterocycles. The van der Waals surface area contributed by atoms with Crippen LogP contribution in [0.2, 0.25) is 0 Å². The maximum absolute atomic E-state index is 11.5. The smallest absolute Gasteiger partial charge is 0.238 e. The summed E-state index contributed by atoms with van der Waals surface area (Å²) >= 11 is 0. The number of primary sulfonamides is 1. The second-order valence-corrected chi connectivity index (χ2v) is 6.94. The number of benzene rings is 1. The maximum atomic E-state index is 11.5. The molecule has 6 heteroatoms.